The molecule has 1 aliphatic rings. The number of phenols is 1. The number of ether oxygens (including phenoxy) is 1. The standard InChI is InChI=1S/C27H22F3NO4/c1-14-12-17(3-5-19(14)28)31-22-7-6-20(29)26(32)24(22)23(25(31)15-8-10-35-11-9-15)18-4-2-16(27(33)34)13-21(18)30/h2-7,12-13,15,32H,8-11H2,1H3,(H,33,34). The van der Waals surface area contributed by atoms with E-state index in [4.69, 9.17) is 4.74 Å². The minimum atomic E-state index is -1.28. The number of carboxylic acid groups (broad SMARTS) is 1. The predicted molar refractivity (Wildman–Crippen MR) is 125 cm³/mol. The Balaban J connectivity index is 1.92. The van der Waals surface area contributed by atoms with Gasteiger partial charge in [-0.25, -0.2) is 18.0 Å². The fourth-order valence-corrected chi connectivity index (χ4v) is 4.88. The molecule has 1 saturated heterocycles. The van der Waals surface area contributed by atoms with Crippen molar-refractivity contribution in [1.82, 2.24) is 4.57 Å². The Hall–Kier alpha value is -3.78. The Morgan fingerprint density at radius 2 is 1.69 bits per heavy atom. The number of rotatable bonds is 4. The number of aromatic hydroxyl groups is 1. The molecule has 5 nitrogen and oxygen atoms in total. The van der Waals surface area contributed by atoms with Gasteiger partial charge in [-0.3, -0.25) is 0 Å². The third-order valence-corrected chi connectivity index (χ3v) is 6.59. The fraction of sp³-hybridized carbons (Fsp3) is 0.222. The molecule has 0 unspecified atom stereocenters. The summed E-state index contributed by atoms with van der Waals surface area (Å²) in [5.74, 6) is -4.12. The number of benzene rings is 3. The largest absolute Gasteiger partial charge is 0.504 e. The summed E-state index contributed by atoms with van der Waals surface area (Å²) >= 11 is 0. The predicted octanol–water partition coefficient (Wildman–Crippen LogP) is 6.32. The summed E-state index contributed by atoms with van der Waals surface area (Å²) in [5.41, 5.74) is 2.11. The van der Waals surface area contributed by atoms with E-state index >= 15 is 4.39 Å². The molecule has 0 aliphatic carbocycles. The lowest BCUT2D eigenvalue weighted by Gasteiger charge is -2.26. The maximum absolute atomic E-state index is 15.4. The van der Waals surface area contributed by atoms with Crippen LogP contribution in [-0.2, 0) is 4.74 Å². The highest BCUT2D eigenvalue weighted by molar-refractivity contribution is 6.04. The van der Waals surface area contributed by atoms with Gasteiger partial charge in [0.2, 0.25) is 0 Å². The molecule has 180 valence electrons. The van der Waals surface area contributed by atoms with Crippen LogP contribution in [0.15, 0.2) is 48.5 Å². The number of hydrogen-bond acceptors (Lipinski definition) is 3. The summed E-state index contributed by atoms with van der Waals surface area (Å²) < 4.78 is 51.5. The third kappa shape index (κ3) is 3.83. The summed E-state index contributed by atoms with van der Waals surface area (Å²) in [4.78, 5) is 11.4. The maximum Gasteiger partial charge on any atom is 0.335 e. The maximum atomic E-state index is 15.4. The van der Waals surface area contributed by atoms with Crippen molar-refractivity contribution in [3.63, 3.8) is 0 Å². The van der Waals surface area contributed by atoms with Crippen molar-refractivity contribution in [2.75, 3.05) is 13.2 Å². The van der Waals surface area contributed by atoms with Crippen LogP contribution in [0.4, 0.5) is 13.2 Å². The summed E-state index contributed by atoms with van der Waals surface area (Å²) in [7, 11) is 0. The molecule has 0 radical (unpaired) electrons. The first kappa shape index (κ1) is 23.0. The molecule has 3 aromatic carbocycles. The van der Waals surface area contributed by atoms with Crippen LogP contribution in [0.25, 0.3) is 27.7 Å². The second-order valence-electron chi connectivity index (χ2n) is 8.71. The van der Waals surface area contributed by atoms with Gasteiger partial charge in [0.15, 0.2) is 11.6 Å². The number of halogens is 3. The normalized spacial score (nSPS) is 14.5. The average molecular weight is 481 g/mol. The monoisotopic (exact) mass is 481 g/mol. The van der Waals surface area contributed by atoms with Crippen LogP contribution in [0.3, 0.4) is 0 Å². The van der Waals surface area contributed by atoms with Crippen molar-refractivity contribution in [2.24, 2.45) is 0 Å². The molecule has 1 aliphatic heterocycles. The molecular weight excluding hydrogens is 459 g/mol. The molecule has 2 N–H and O–H groups in total. The van der Waals surface area contributed by atoms with E-state index in [-0.39, 0.29) is 33.8 Å². The van der Waals surface area contributed by atoms with E-state index in [0.717, 1.165) is 12.1 Å². The van der Waals surface area contributed by atoms with Gasteiger partial charge in [0.1, 0.15) is 11.6 Å². The van der Waals surface area contributed by atoms with Crippen LogP contribution in [-0.4, -0.2) is 34.0 Å². The van der Waals surface area contributed by atoms with Gasteiger partial charge >= 0.3 is 5.97 Å². The number of fused-ring (bicyclic) bond motifs is 1. The molecule has 8 heteroatoms. The van der Waals surface area contributed by atoms with Crippen molar-refractivity contribution in [2.45, 2.75) is 25.7 Å². The van der Waals surface area contributed by atoms with E-state index in [1.54, 1.807) is 23.6 Å². The summed E-state index contributed by atoms with van der Waals surface area (Å²) in [6.07, 6.45) is 1.20. The Bertz CT molecular complexity index is 1470. The van der Waals surface area contributed by atoms with E-state index < -0.39 is 23.4 Å². The quantitative estimate of drug-likeness (QED) is 0.358. The number of phenolic OH excluding ortho intramolecular Hbond substituents is 1. The molecular formula is C27H22F3NO4. The lowest BCUT2D eigenvalue weighted by atomic mass is 9.89. The first-order valence-corrected chi connectivity index (χ1v) is 11.2. The van der Waals surface area contributed by atoms with Crippen molar-refractivity contribution in [3.05, 3.63) is 82.8 Å². The zero-order chi connectivity index (χ0) is 24.9. The number of aryl methyl sites for hydroxylation is 1. The van der Waals surface area contributed by atoms with Gasteiger partial charge in [-0.1, -0.05) is 6.07 Å². The summed E-state index contributed by atoms with van der Waals surface area (Å²) in [6.45, 7) is 2.56. The highest BCUT2D eigenvalue weighted by Gasteiger charge is 2.31. The molecule has 2 heterocycles. The van der Waals surface area contributed by atoms with Crippen LogP contribution in [0, 0.1) is 24.4 Å². The highest BCUT2D eigenvalue weighted by Crippen LogP contribution is 2.47. The Labute approximate surface area is 199 Å². The molecule has 5 rings (SSSR count). The Kier molecular flexibility index (Phi) is 5.76. The summed E-state index contributed by atoms with van der Waals surface area (Å²) in [6, 6.07) is 10.7. The van der Waals surface area contributed by atoms with Crippen molar-refractivity contribution in [3.8, 4) is 22.6 Å². The van der Waals surface area contributed by atoms with Crippen molar-refractivity contribution >= 4 is 16.9 Å². The topological polar surface area (TPSA) is 71.7 Å². The molecule has 0 bridgehead atoms. The van der Waals surface area contributed by atoms with E-state index in [0.29, 0.717) is 48.5 Å². The molecule has 0 atom stereocenters. The van der Waals surface area contributed by atoms with Gasteiger partial charge < -0.3 is 19.5 Å². The van der Waals surface area contributed by atoms with Crippen LogP contribution >= 0.6 is 0 Å². The number of hydrogen-bond donors (Lipinski definition) is 2. The molecule has 0 saturated carbocycles. The number of aromatic nitrogens is 1. The highest BCUT2D eigenvalue weighted by atomic mass is 19.1. The number of aromatic carboxylic acids is 1. The molecule has 1 aromatic heterocycles. The number of carbonyl (C=O) groups is 1. The van der Waals surface area contributed by atoms with Gasteiger partial charge in [-0.15, -0.1) is 0 Å². The third-order valence-electron chi connectivity index (χ3n) is 6.59. The molecule has 1 fully saturated rings. The molecule has 0 spiro atoms. The average Bonchev–Trinajstić information content (AvgIpc) is 3.19. The fourth-order valence-electron chi connectivity index (χ4n) is 4.88. The SMILES string of the molecule is Cc1cc(-n2c(C3CCOCC3)c(-c3ccc(C(=O)O)cc3F)c3c(O)c(F)ccc32)ccc1F. The van der Waals surface area contributed by atoms with Gasteiger partial charge in [-0.2, -0.15) is 0 Å². The van der Waals surface area contributed by atoms with Crippen LogP contribution in [0.1, 0.15) is 40.4 Å². The lowest BCUT2D eigenvalue weighted by molar-refractivity contribution is 0.0696. The zero-order valence-corrected chi connectivity index (χ0v) is 18.8. The smallest absolute Gasteiger partial charge is 0.335 e. The summed E-state index contributed by atoms with van der Waals surface area (Å²) in [5, 5.41) is 20.2. The van der Waals surface area contributed by atoms with E-state index in [1.165, 1.54) is 24.3 Å². The number of nitrogens with zero attached hydrogens (tertiary/aromatic N) is 1. The molecule has 0 amide bonds. The molecule has 35 heavy (non-hydrogen) atoms. The van der Waals surface area contributed by atoms with E-state index in [2.05, 4.69) is 0 Å². The second-order valence-corrected chi connectivity index (χ2v) is 8.71. The van der Waals surface area contributed by atoms with Gasteiger partial charge in [0.25, 0.3) is 0 Å². The Morgan fingerprint density at radius 1 is 0.971 bits per heavy atom. The lowest BCUT2D eigenvalue weighted by Crippen LogP contribution is -2.17. The first-order valence-electron chi connectivity index (χ1n) is 11.2. The van der Waals surface area contributed by atoms with Gasteiger partial charge in [0, 0.05) is 41.6 Å². The van der Waals surface area contributed by atoms with E-state index in [1.807, 2.05) is 0 Å². The van der Waals surface area contributed by atoms with Crippen molar-refractivity contribution in [1.29, 1.82) is 0 Å². The van der Waals surface area contributed by atoms with Crippen LogP contribution in [0.2, 0.25) is 0 Å². The minimum Gasteiger partial charge on any atom is -0.504 e. The van der Waals surface area contributed by atoms with Crippen LogP contribution in [0.5, 0.6) is 5.75 Å². The first-order chi connectivity index (χ1) is 16.8. The Morgan fingerprint density at radius 3 is 2.34 bits per heavy atom. The molecule has 4 aromatic rings. The van der Waals surface area contributed by atoms with Crippen molar-refractivity contribution < 1.29 is 32.9 Å². The minimum absolute atomic E-state index is 0.0416. The van der Waals surface area contributed by atoms with Crippen LogP contribution < -0.4 is 0 Å². The zero-order valence-electron chi connectivity index (χ0n) is 18.8. The van der Waals surface area contributed by atoms with Gasteiger partial charge in [-0.05, 0) is 67.8 Å². The van der Waals surface area contributed by atoms with E-state index in [9.17, 15) is 23.8 Å². The van der Waals surface area contributed by atoms with Gasteiger partial charge in [0.05, 0.1) is 16.5 Å². The second kappa shape index (κ2) is 8.78. The number of carboxylic acids is 1.